The van der Waals surface area contributed by atoms with E-state index in [9.17, 15) is 0 Å². The fourth-order valence-electron chi connectivity index (χ4n) is 1.89. The fourth-order valence-corrected chi connectivity index (χ4v) is 1.89. The van der Waals surface area contributed by atoms with E-state index in [0.29, 0.717) is 11.8 Å². The van der Waals surface area contributed by atoms with Crippen molar-refractivity contribution in [1.82, 2.24) is 10.3 Å². The van der Waals surface area contributed by atoms with Crippen molar-refractivity contribution in [2.75, 3.05) is 0 Å². The lowest BCUT2D eigenvalue weighted by atomic mass is 9.94. The maximum Gasteiger partial charge on any atom is 0.133 e. The number of hydrogen-bond donors (Lipinski definition) is 0. The lowest BCUT2D eigenvalue weighted by Crippen LogP contribution is -1.99. The Morgan fingerprint density at radius 1 is 1.12 bits per heavy atom. The highest BCUT2D eigenvalue weighted by Crippen LogP contribution is 2.26. The van der Waals surface area contributed by atoms with Crippen molar-refractivity contribution in [1.29, 1.82) is 0 Å². The molecule has 4 heteroatoms. The van der Waals surface area contributed by atoms with Gasteiger partial charge in [0.1, 0.15) is 12.0 Å². The quantitative estimate of drug-likeness (QED) is 0.792. The van der Waals surface area contributed by atoms with Crippen molar-refractivity contribution in [3.63, 3.8) is 0 Å². The first-order chi connectivity index (χ1) is 8.16. The zero-order valence-electron chi connectivity index (χ0n) is 10.5. The van der Waals surface area contributed by atoms with Crippen molar-refractivity contribution in [2.45, 2.75) is 45.4 Å². The van der Waals surface area contributed by atoms with Gasteiger partial charge in [0.2, 0.25) is 0 Å². The maximum atomic E-state index is 5.09. The Bertz CT molecular complexity index is 448. The van der Waals surface area contributed by atoms with Gasteiger partial charge < -0.3 is 9.05 Å². The lowest BCUT2D eigenvalue weighted by molar-refractivity contribution is 0.382. The number of nitrogens with zero attached hydrogens (tertiary/aromatic N) is 2. The van der Waals surface area contributed by atoms with Gasteiger partial charge in [-0.1, -0.05) is 24.2 Å². The molecule has 0 spiro atoms. The molecule has 0 saturated carbocycles. The van der Waals surface area contributed by atoms with Gasteiger partial charge in [0.25, 0.3) is 0 Å². The maximum absolute atomic E-state index is 5.09. The van der Waals surface area contributed by atoms with E-state index in [4.69, 9.17) is 9.05 Å². The summed E-state index contributed by atoms with van der Waals surface area (Å²) in [4.78, 5) is 0. The van der Waals surface area contributed by atoms with Crippen LogP contribution in [0.1, 0.15) is 55.7 Å². The van der Waals surface area contributed by atoms with E-state index in [1.54, 1.807) is 6.26 Å². The second kappa shape index (κ2) is 5.17. The van der Waals surface area contributed by atoms with Crippen molar-refractivity contribution in [2.24, 2.45) is 0 Å². The van der Waals surface area contributed by atoms with Crippen LogP contribution in [0.3, 0.4) is 0 Å². The van der Waals surface area contributed by atoms with E-state index < -0.39 is 0 Å². The van der Waals surface area contributed by atoms with Gasteiger partial charge in [0, 0.05) is 24.0 Å². The lowest BCUT2D eigenvalue weighted by Gasteiger charge is -2.11. The first kappa shape index (κ1) is 11.9. The van der Waals surface area contributed by atoms with Crippen LogP contribution in [0.4, 0.5) is 0 Å². The van der Waals surface area contributed by atoms with Crippen molar-refractivity contribution in [3.05, 3.63) is 35.5 Å². The van der Waals surface area contributed by atoms with Gasteiger partial charge in [-0.2, -0.15) is 0 Å². The van der Waals surface area contributed by atoms with E-state index in [2.05, 4.69) is 24.2 Å². The molecular formula is C13H18N2O2. The molecule has 2 rings (SSSR count). The molecule has 2 heterocycles. The molecule has 0 saturated heterocycles. The minimum absolute atomic E-state index is 0.418. The number of hydrogen-bond acceptors (Lipinski definition) is 4. The molecule has 0 fully saturated rings. The van der Waals surface area contributed by atoms with E-state index in [0.717, 1.165) is 30.0 Å². The molecule has 4 nitrogen and oxygen atoms in total. The zero-order chi connectivity index (χ0) is 12.3. The second-order valence-corrected chi connectivity index (χ2v) is 4.67. The molecule has 92 valence electrons. The van der Waals surface area contributed by atoms with Gasteiger partial charge >= 0.3 is 0 Å². The third kappa shape index (κ3) is 2.96. The summed E-state index contributed by atoms with van der Waals surface area (Å²) >= 11 is 0. The van der Waals surface area contributed by atoms with Crippen LogP contribution in [0.15, 0.2) is 27.4 Å². The molecule has 2 aromatic rings. The molecule has 17 heavy (non-hydrogen) atoms. The van der Waals surface area contributed by atoms with Gasteiger partial charge in [-0.15, -0.1) is 0 Å². The van der Waals surface area contributed by atoms with Crippen molar-refractivity contribution < 1.29 is 9.05 Å². The monoisotopic (exact) mass is 234 g/mol. The molecule has 2 aromatic heterocycles. The molecule has 2 atom stereocenters. The van der Waals surface area contributed by atoms with E-state index in [1.807, 2.05) is 19.1 Å². The molecule has 0 aliphatic carbocycles. The Hall–Kier alpha value is -1.58. The summed E-state index contributed by atoms with van der Waals surface area (Å²) in [6, 6.07) is 3.93. The fraction of sp³-hybridized carbons (Fsp3) is 0.538. The normalized spacial score (nSPS) is 14.8. The molecule has 0 aliphatic heterocycles. The van der Waals surface area contributed by atoms with Crippen molar-refractivity contribution >= 4 is 0 Å². The van der Waals surface area contributed by atoms with Crippen LogP contribution in [0.2, 0.25) is 0 Å². The Labute approximate surface area is 101 Å². The second-order valence-electron chi connectivity index (χ2n) is 4.67. The molecule has 0 N–H and O–H groups in total. The number of aromatic nitrogens is 2. The van der Waals surface area contributed by atoms with Gasteiger partial charge in [0.05, 0.1) is 11.4 Å². The van der Waals surface area contributed by atoms with E-state index in [1.165, 1.54) is 0 Å². The van der Waals surface area contributed by atoms with Gasteiger partial charge in [0.15, 0.2) is 0 Å². The SMILES string of the molecule is Cc1cc(C(C)CCC(C)c2ccon2)no1. The van der Waals surface area contributed by atoms with Crippen LogP contribution < -0.4 is 0 Å². The Morgan fingerprint density at radius 3 is 2.35 bits per heavy atom. The highest BCUT2D eigenvalue weighted by atomic mass is 16.5. The average molecular weight is 234 g/mol. The van der Waals surface area contributed by atoms with Crippen molar-refractivity contribution in [3.8, 4) is 0 Å². The van der Waals surface area contributed by atoms with Crippen LogP contribution in [0.25, 0.3) is 0 Å². The first-order valence-corrected chi connectivity index (χ1v) is 6.00. The Kier molecular flexibility index (Phi) is 3.61. The van der Waals surface area contributed by atoms with E-state index >= 15 is 0 Å². The minimum atomic E-state index is 0.418. The largest absolute Gasteiger partial charge is 0.365 e. The smallest absolute Gasteiger partial charge is 0.133 e. The predicted molar refractivity (Wildman–Crippen MR) is 63.8 cm³/mol. The molecule has 0 amide bonds. The third-order valence-electron chi connectivity index (χ3n) is 3.15. The predicted octanol–water partition coefficient (Wildman–Crippen LogP) is 3.66. The molecule has 2 unspecified atom stereocenters. The standard InChI is InChI=1S/C13H18N2O2/c1-9(12-6-7-16-14-12)4-5-10(2)13-8-11(3)17-15-13/h6-10H,4-5H2,1-3H3. The first-order valence-electron chi connectivity index (χ1n) is 6.00. The summed E-state index contributed by atoms with van der Waals surface area (Å²) in [6.07, 6.45) is 3.76. The zero-order valence-corrected chi connectivity index (χ0v) is 10.5. The summed E-state index contributed by atoms with van der Waals surface area (Å²) in [7, 11) is 0. The topological polar surface area (TPSA) is 52.1 Å². The Balaban J connectivity index is 1.86. The summed E-state index contributed by atoms with van der Waals surface area (Å²) < 4.78 is 9.94. The number of rotatable bonds is 5. The molecule has 0 radical (unpaired) electrons. The van der Waals surface area contributed by atoms with Crippen LogP contribution in [-0.4, -0.2) is 10.3 Å². The van der Waals surface area contributed by atoms with Crippen LogP contribution >= 0.6 is 0 Å². The molecule has 0 aromatic carbocycles. The highest BCUT2D eigenvalue weighted by molar-refractivity contribution is 5.09. The molecule has 0 bridgehead atoms. The summed E-state index contributed by atoms with van der Waals surface area (Å²) in [5.74, 6) is 1.71. The summed E-state index contributed by atoms with van der Waals surface area (Å²) in [5.41, 5.74) is 2.06. The van der Waals surface area contributed by atoms with Gasteiger partial charge in [-0.25, -0.2) is 0 Å². The highest BCUT2D eigenvalue weighted by Gasteiger charge is 2.14. The van der Waals surface area contributed by atoms with Crippen LogP contribution in [0, 0.1) is 6.92 Å². The minimum Gasteiger partial charge on any atom is -0.365 e. The number of aryl methyl sites for hydroxylation is 1. The average Bonchev–Trinajstić information content (AvgIpc) is 2.95. The van der Waals surface area contributed by atoms with Gasteiger partial charge in [-0.05, 0) is 19.8 Å². The molecule has 0 aliphatic rings. The van der Waals surface area contributed by atoms with E-state index in [-0.39, 0.29) is 0 Å². The molecular weight excluding hydrogens is 216 g/mol. The summed E-state index contributed by atoms with van der Waals surface area (Å²) in [6.45, 7) is 6.26. The van der Waals surface area contributed by atoms with Crippen LogP contribution in [0.5, 0.6) is 0 Å². The third-order valence-corrected chi connectivity index (χ3v) is 3.15. The Morgan fingerprint density at radius 2 is 1.82 bits per heavy atom. The van der Waals surface area contributed by atoms with Gasteiger partial charge in [-0.3, -0.25) is 0 Å². The van der Waals surface area contributed by atoms with Crippen LogP contribution in [-0.2, 0) is 0 Å². The summed E-state index contributed by atoms with van der Waals surface area (Å²) in [5, 5.41) is 8.01.